The standard InChI is InChI=1S/C18H18BrNO3/c1-3-23-18(21)17(13-5-4-6-16(11-13)22-2)12-20-15-9-7-14(19)8-10-15/h4-12,20H,3H2,1-2H3/b17-12+. The third kappa shape index (κ3) is 4.86. The van der Waals surface area contributed by atoms with Crippen molar-refractivity contribution in [3.63, 3.8) is 0 Å². The molecule has 120 valence electrons. The lowest BCUT2D eigenvalue weighted by molar-refractivity contribution is -0.136. The number of halogens is 1. The molecule has 0 heterocycles. The summed E-state index contributed by atoms with van der Waals surface area (Å²) >= 11 is 3.39. The molecule has 2 aromatic rings. The average molecular weight is 376 g/mol. The van der Waals surface area contributed by atoms with E-state index in [4.69, 9.17) is 9.47 Å². The predicted molar refractivity (Wildman–Crippen MR) is 95.4 cm³/mol. The van der Waals surface area contributed by atoms with Crippen molar-refractivity contribution in [2.24, 2.45) is 0 Å². The molecule has 0 bridgehead atoms. The zero-order valence-electron chi connectivity index (χ0n) is 13.0. The summed E-state index contributed by atoms with van der Waals surface area (Å²) in [5.41, 5.74) is 2.04. The van der Waals surface area contributed by atoms with Gasteiger partial charge < -0.3 is 14.8 Å². The van der Waals surface area contributed by atoms with Crippen LogP contribution in [0.2, 0.25) is 0 Å². The predicted octanol–water partition coefficient (Wildman–Crippen LogP) is 4.47. The number of methoxy groups -OCH3 is 1. The fraction of sp³-hybridized carbons (Fsp3) is 0.167. The smallest absolute Gasteiger partial charge is 0.340 e. The second kappa shape index (κ2) is 8.39. The average Bonchev–Trinajstić information content (AvgIpc) is 2.57. The number of rotatable bonds is 6. The summed E-state index contributed by atoms with van der Waals surface area (Å²) in [6.07, 6.45) is 1.65. The fourth-order valence-corrected chi connectivity index (χ4v) is 2.23. The molecule has 0 saturated carbocycles. The molecule has 2 rings (SSSR count). The first-order valence-electron chi connectivity index (χ1n) is 7.18. The third-order valence-corrected chi connectivity index (χ3v) is 3.63. The van der Waals surface area contributed by atoms with Crippen molar-refractivity contribution in [2.45, 2.75) is 6.92 Å². The van der Waals surface area contributed by atoms with Gasteiger partial charge in [-0.25, -0.2) is 4.79 Å². The number of esters is 1. The summed E-state index contributed by atoms with van der Waals surface area (Å²) in [4.78, 5) is 12.2. The third-order valence-electron chi connectivity index (χ3n) is 3.10. The highest BCUT2D eigenvalue weighted by atomic mass is 79.9. The summed E-state index contributed by atoms with van der Waals surface area (Å²) in [5.74, 6) is 0.298. The minimum atomic E-state index is -0.384. The Labute approximate surface area is 144 Å². The molecule has 0 amide bonds. The number of hydrogen-bond donors (Lipinski definition) is 1. The number of hydrogen-bond acceptors (Lipinski definition) is 4. The van der Waals surface area contributed by atoms with Gasteiger partial charge in [-0.15, -0.1) is 0 Å². The van der Waals surface area contributed by atoms with Gasteiger partial charge in [-0.1, -0.05) is 28.1 Å². The van der Waals surface area contributed by atoms with Crippen LogP contribution in [0.25, 0.3) is 5.57 Å². The molecule has 23 heavy (non-hydrogen) atoms. The maximum Gasteiger partial charge on any atom is 0.340 e. The molecule has 0 atom stereocenters. The monoisotopic (exact) mass is 375 g/mol. The van der Waals surface area contributed by atoms with Gasteiger partial charge in [0.15, 0.2) is 0 Å². The lowest BCUT2D eigenvalue weighted by Gasteiger charge is -2.10. The minimum absolute atomic E-state index is 0.318. The molecule has 0 spiro atoms. The van der Waals surface area contributed by atoms with Crippen LogP contribution in [0.15, 0.2) is 59.2 Å². The van der Waals surface area contributed by atoms with Gasteiger partial charge in [0, 0.05) is 16.4 Å². The lowest BCUT2D eigenvalue weighted by Crippen LogP contribution is -2.08. The van der Waals surface area contributed by atoms with Gasteiger partial charge in [-0.05, 0) is 48.9 Å². The van der Waals surface area contributed by atoms with Crippen molar-refractivity contribution >= 4 is 33.2 Å². The van der Waals surface area contributed by atoms with Crippen molar-refractivity contribution in [1.82, 2.24) is 0 Å². The molecular weight excluding hydrogens is 358 g/mol. The van der Waals surface area contributed by atoms with E-state index in [2.05, 4.69) is 21.2 Å². The Bertz CT molecular complexity index is 696. The van der Waals surface area contributed by atoms with E-state index in [1.165, 1.54) is 0 Å². The fourth-order valence-electron chi connectivity index (χ4n) is 1.96. The Kier molecular flexibility index (Phi) is 6.23. The summed E-state index contributed by atoms with van der Waals surface area (Å²) in [5, 5.41) is 3.12. The van der Waals surface area contributed by atoms with E-state index in [0.29, 0.717) is 17.9 Å². The van der Waals surface area contributed by atoms with E-state index in [1.54, 1.807) is 26.3 Å². The largest absolute Gasteiger partial charge is 0.497 e. The molecule has 5 heteroatoms. The molecule has 0 aliphatic heterocycles. The number of anilines is 1. The second-order valence-electron chi connectivity index (χ2n) is 4.66. The van der Waals surface area contributed by atoms with Crippen molar-refractivity contribution in [3.8, 4) is 5.75 Å². The molecule has 4 nitrogen and oxygen atoms in total. The van der Waals surface area contributed by atoms with Crippen molar-refractivity contribution in [3.05, 3.63) is 64.8 Å². The van der Waals surface area contributed by atoms with Gasteiger partial charge >= 0.3 is 5.97 Å². The van der Waals surface area contributed by atoms with Gasteiger partial charge in [-0.3, -0.25) is 0 Å². The van der Waals surface area contributed by atoms with Gasteiger partial charge in [0.05, 0.1) is 19.3 Å². The van der Waals surface area contributed by atoms with Crippen molar-refractivity contribution < 1.29 is 14.3 Å². The highest BCUT2D eigenvalue weighted by Crippen LogP contribution is 2.22. The number of carbonyl (C=O) groups excluding carboxylic acids is 1. The van der Waals surface area contributed by atoms with E-state index >= 15 is 0 Å². The van der Waals surface area contributed by atoms with E-state index in [0.717, 1.165) is 15.7 Å². The van der Waals surface area contributed by atoms with Crippen LogP contribution in [0.4, 0.5) is 5.69 Å². The maximum atomic E-state index is 12.2. The minimum Gasteiger partial charge on any atom is -0.497 e. The molecule has 0 aliphatic rings. The SMILES string of the molecule is CCOC(=O)/C(=C/Nc1ccc(Br)cc1)c1cccc(OC)c1. The molecule has 2 aromatic carbocycles. The highest BCUT2D eigenvalue weighted by molar-refractivity contribution is 9.10. The van der Waals surface area contributed by atoms with Crippen molar-refractivity contribution in [1.29, 1.82) is 0 Å². The van der Waals surface area contributed by atoms with Crippen LogP contribution in [0, 0.1) is 0 Å². The summed E-state index contributed by atoms with van der Waals surface area (Å²) in [6.45, 7) is 2.10. The van der Waals surface area contributed by atoms with Crippen LogP contribution in [0.1, 0.15) is 12.5 Å². The van der Waals surface area contributed by atoms with Crippen LogP contribution >= 0.6 is 15.9 Å². The maximum absolute atomic E-state index is 12.2. The molecular formula is C18H18BrNO3. The Morgan fingerprint density at radius 1 is 1.22 bits per heavy atom. The molecule has 1 N–H and O–H groups in total. The molecule has 0 unspecified atom stereocenters. The van der Waals surface area contributed by atoms with E-state index in [9.17, 15) is 4.79 Å². The van der Waals surface area contributed by atoms with E-state index < -0.39 is 0 Å². The normalized spacial score (nSPS) is 11.0. The van der Waals surface area contributed by atoms with Gasteiger partial charge in [-0.2, -0.15) is 0 Å². The number of benzene rings is 2. The molecule has 0 aliphatic carbocycles. The number of ether oxygens (including phenoxy) is 2. The molecule has 0 aromatic heterocycles. The van der Waals surface area contributed by atoms with E-state index in [1.807, 2.05) is 42.5 Å². The first-order chi connectivity index (χ1) is 11.1. The van der Waals surface area contributed by atoms with E-state index in [-0.39, 0.29) is 5.97 Å². The zero-order chi connectivity index (χ0) is 16.7. The first kappa shape index (κ1) is 17.1. The first-order valence-corrected chi connectivity index (χ1v) is 7.97. The quantitative estimate of drug-likeness (QED) is 0.597. The number of carbonyl (C=O) groups is 1. The second-order valence-corrected chi connectivity index (χ2v) is 5.58. The van der Waals surface area contributed by atoms with Crippen molar-refractivity contribution in [2.75, 3.05) is 19.0 Å². The summed E-state index contributed by atoms with van der Waals surface area (Å²) in [7, 11) is 1.59. The Balaban J connectivity index is 2.30. The molecule has 0 saturated heterocycles. The summed E-state index contributed by atoms with van der Waals surface area (Å²) < 4.78 is 11.4. The van der Waals surface area contributed by atoms with Crippen LogP contribution in [-0.2, 0) is 9.53 Å². The van der Waals surface area contributed by atoms with Crippen LogP contribution in [0.5, 0.6) is 5.75 Å². The van der Waals surface area contributed by atoms with Gasteiger partial charge in [0.1, 0.15) is 5.75 Å². The van der Waals surface area contributed by atoms with Crippen LogP contribution in [0.3, 0.4) is 0 Å². The Morgan fingerprint density at radius 2 is 1.96 bits per heavy atom. The van der Waals surface area contributed by atoms with Crippen LogP contribution < -0.4 is 10.1 Å². The highest BCUT2D eigenvalue weighted by Gasteiger charge is 2.14. The molecule has 0 radical (unpaired) electrons. The topological polar surface area (TPSA) is 47.6 Å². The Morgan fingerprint density at radius 3 is 2.61 bits per heavy atom. The summed E-state index contributed by atoms with van der Waals surface area (Å²) in [6, 6.07) is 15.0. The van der Waals surface area contributed by atoms with Gasteiger partial charge in [0.25, 0.3) is 0 Å². The van der Waals surface area contributed by atoms with Crippen LogP contribution in [-0.4, -0.2) is 19.7 Å². The molecule has 0 fully saturated rings. The zero-order valence-corrected chi connectivity index (χ0v) is 14.6. The Hall–Kier alpha value is -2.27. The van der Waals surface area contributed by atoms with Gasteiger partial charge in [0.2, 0.25) is 0 Å². The number of nitrogens with one attached hydrogen (secondary N) is 1. The lowest BCUT2D eigenvalue weighted by atomic mass is 10.1.